The van der Waals surface area contributed by atoms with Crippen LogP contribution in [0.3, 0.4) is 0 Å². The average molecular weight is 344 g/mol. The molecule has 0 unspecified atom stereocenters. The molecule has 0 spiro atoms. The summed E-state index contributed by atoms with van der Waals surface area (Å²) in [5.41, 5.74) is 0. The predicted octanol–water partition coefficient (Wildman–Crippen LogP) is 3.13. The Morgan fingerprint density at radius 1 is 1.41 bits per heavy atom. The van der Waals surface area contributed by atoms with Crippen molar-refractivity contribution in [1.29, 1.82) is 0 Å². The van der Waals surface area contributed by atoms with Gasteiger partial charge in [0, 0.05) is 30.4 Å². The number of urea groups is 1. The summed E-state index contributed by atoms with van der Waals surface area (Å²) in [5.74, 6) is 1.49. The van der Waals surface area contributed by atoms with Gasteiger partial charge in [-0.25, -0.2) is 9.78 Å². The van der Waals surface area contributed by atoms with Crippen LogP contribution in [0.25, 0.3) is 0 Å². The molecule has 0 saturated carbocycles. The lowest BCUT2D eigenvalue weighted by Gasteiger charge is -2.32. The lowest BCUT2D eigenvalue weighted by molar-refractivity contribution is -0.0511. The van der Waals surface area contributed by atoms with E-state index in [2.05, 4.69) is 29.5 Å². The van der Waals surface area contributed by atoms with E-state index in [1.54, 1.807) is 23.1 Å². The van der Waals surface area contributed by atoms with E-state index in [1.807, 2.05) is 11.6 Å². The fourth-order valence-electron chi connectivity index (χ4n) is 2.72. The maximum atomic E-state index is 11.8. The first-order valence-electron chi connectivity index (χ1n) is 7.83. The molecule has 2 rings (SSSR count). The van der Waals surface area contributed by atoms with Crippen molar-refractivity contribution < 1.29 is 9.53 Å². The molecule has 22 heavy (non-hydrogen) atoms. The highest BCUT2D eigenvalue weighted by atomic mass is 32.2. The lowest BCUT2D eigenvalue weighted by Crippen LogP contribution is -2.41. The van der Waals surface area contributed by atoms with E-state index in [0.29, 0.717) is 24.7 Å². The zero-order valence-corrected chi connectivity index (χ0v) is 14.8. The Bertz CT molecular complexity index is 432. The van der Waals surface area contributed by atoms with Gasteiger partial charge in [0.15, 0.2) is 0 Å². The molecule has 1 aromatic rings. The van der Waals surface area contributed by atoms with Crippen LogP contribution in [0.4, 0.5) is 4.79 Å². The smallest absolute Gasteiger partial charge is 0.314 e. The van der Waals surface area contributed by atoms with Crippen LogP contribution in [-0.4, -0.2) is 42.1 Å². The Hall–Kier alpha value is -0.790. The third-order valence-corrected chi connectivity index (χ3v) is 5.64. The number of carbonyl (C=O) groups is 1. The van der Waals surface area contributed by atoms with E-state index >= 15 is 0 Å². The minimum Gasteiger partial charge on any atom is -0.376 e. The summed E-state index contributed by atoms with van der Waals surface area (Å²) in [6.45, 7) is 5.63. The first kappa shape index (κ1) is 17.6. The van der Waals surface area contributed by atoms with Gasteiger partial charge in [-0.05, 0) is 39.0 Å². The number of hydrogen-bond donors (Lipinski definition) is 2. The summed E-state index contributed by atoms with van der Waals surface area (Å²) in [6, 6.07) is -0.0638. The van der Waals surface area contributed by atoms with Crippen molar-refractivity contribution in [3.63, 3.8) is 0 Å². The van der Waals surface area contributed by atoms with Crippen LogP contribution in [-0.2, 0) is 4.74 Å². The lowest BCUT2D eigenvalue weighted by atomic mass is 9.92. The maximum absolute atomic E-state index is 11.8. The molecular formula is C15H25N3O2S2. The molecule has 7 heteroatoms. The SMILES string of the molecule is C[C@@H]1CC(CNC(=O)NCCCSc2nccs2)C[C@@H](C)O1. The largest absolute Gasteiger partial charge is 0.376 e. The Labute approximate surface area is 140 Å². The van der Waals surface area contributed by atoms with Gasteiger partial charge in [-0.15, -0.1) is 11.3 Å². The highest BCUT2D eigenvalue weighted by molar-refractivity contribution is 8.00. The number of hydrogen-bond acceptors (Lipinski definition) is 5. The molecule has 0 aromatic carbocycles. The zero-order valence-electron chi connectivity index (χ0n) is 13.2. The van der Waals surface area contributed by atoms with E-state index in [9.17, 15) is 4.79 Å². The van der Waals surface area contributed by atoms with Gasteiger partial charge in [-0.3, -0.25) is 0 Å². The molecule has 124 valence electrons. The summed E-state index contributed by atoms with van der Waals surface area (Å²) in [6.07, 6.45) is 5.40. The number of ether oxygens (including phenoxy) is 1. The molecule has 0 radical (unpaired) electrons. The molecule has 1 aromatic heterocycles. The van der Waals surface area contributed by atoms with Gasteiger partial charge < -0.3 is 15.4 Å². The average Bonchev–Trinajstić information content (AvgIpc) is 2.97. The minimum absolute atomic E-state index is 0.0638. The second-order valence-electron chi connectivity index (χ2n) is 5.73. The Morgan fingerprint density at radius 2 is 2.18 bits per heavy atom. The summed E-state index contributed by atoms with van der Waals surface area (Å²) < 4.78 is 6.80. The van der Waals surface area contributed by atoms with Crippen LogP contribution < -0.4 is 10.6 Å². The molecule has 1 aliphatic heterocycles. The van der Waals surface area contributed by atoms with Crippen LogP contribution >= 0.6 is 23.1 Å². The van der Waals surface area contributed by atoms with Crippen molar-refractivity contribution in [2.75, 3.05) is 18.8 Å². The van der Waals surface area contributed by atoms with Crippen molar-refractivity contribution in [2.45, 2.75) is 49.7 Å². The van der Waals surface area contributed by atoms with E-state index in [0.717, 1.165) is 35.9 Å². The molecule has 5 nitrogen and oxygen atoms in total. The maximum Gasteiger partial charge on any atom is 0.314 e. The number of nitrogens with one attached hydrogen (secondary N) is 2. The topological polar surface area (TPSA) is 63.2 Å². The number of thiazole rings is 1. The monoisotopic (exact) mass is 343 g/mol. The number of amides is 2. The third kappa shape index (κ3) is 6.54. The molecule has 1 fully saturated rings. The van der Waals surface area contributed by atoms with Crippen molar-refractivity contribution in [2.24, 2.45) is 5.92 Å². The van der Waals surface area contributed by atoms with Crippen LogP contribution in [0.15, 0.2) is 15.9 Å². The Kier molecular flexibility index (Phi) is 7.48. The molecule has 2 amide bonds. The third-order valence-electron chi connectivity index (χ3n) is 3.59. The normalized spacial score (nSPS) is 24.9. The second-order valence-corrected chi connectivity index (χ2v) is 7.97. The molecule has 0 bridgehead atoms. The number of carbonyl (C=O) groups excluding carboxylic acids is 1. The molecule has 2 N–H and O–H groups in total. The van der Waals surface area contributed by atoms with Crippen molar-refractivity contribution >= 4 is 29.1 Å². The summed E-state index contributed by atoms with van der Waals surface area (Å²) in [4.78, 5) is 16.0. The van der Waals surface area contributed by atoms with Crippen LogP contribution in [0.1, 0.15) is 33.1 Å². The van der Waals surface area contributed by atoms with E-state index in [-0.39, 0.29) is 6.03 Å². The first-order chi connectivity index (χ1) is 10.6. The van der Waals surface area contributed by atoms with Gasteiger partial charge in [-0.2, -0.15) is 0 Å². The minimum atomic E-state index is -0.0638. The summed E-state index contributed by atoms with van der Waals surface area (Å²) in [5, 5.41) is 7.87. The van der Waals surface area contributed by atoms with E-state index in [4.69, 9.17) is 4.74 Å². The number of thioether (sulfide) groups is 1. The summed E-state index contributed by atoms with van der Waals surface area (Å²) >= 11 is 3.39. The molecular weight excluding hydrogens is 318 g/mol. The highest BCUT2D eigenvalue weighted by Crippen LogP contribution is 2.24. The Balaban J connectivity index is 1.50. The standard InChI is InChI=1S/C15H25N3O2S2/c1-11-8-13(9-12(2)20-11)10-18-14(19)16-4-3-6-21-15-17-5-7-22-15/h5,7,11-13H,3-4,6,8-10H2,1-2H3,(H2,16,18,19)/t11-,12-/m1/s1. The van der Waals surface area contributed by atoms with Crippen molar-refractivity contribution in [3.8, 4) is 0 Å². The van der Waals surface area contributed by atoms with Gasteiger partial charge >= 0.3 is 6.03 Å². The van der Waals surface area contributed by atoms with Crippen molar-refractivity contribution in [1.82, 2.24) is 15.6 Å². The van der Waals surface area contributed by atoms with Crippen LogP contribution in [0.2, 0.25) is 0 Å². The van der Waals surface area contributed by atoms with Crippen LogP contribution in [0, 0.1) is 5.92 Å². The number of rotatable bonds is 7. The number of nitrogens with zero attached hydrogens (tertiary/aromatic N) is 1. The van der Waals surface area contributed by atoms with Gasteiger partial charge in [0.05, 0.1) is 12.2 Å². The van der Waals surface area contributed by atoms with E-state index in [1.165, 1.54) is 0 Å². The second kappa shape index (κ2) is 9.37. The van der Waals surface area contributed by atoms with Gasteiger partial charge in [0.1, 0.15) is 4.34 Å². The predicted molar refractivity (Wildman–Crippen MR) is 91.6 cm³/mol. The van der Waals surface area contributed by atoms with Crippen LogP contribution in [0.5, 0.6) is 0 Å². The first-order valence-corrected chi connectivity index (χ1v) is 9.69. The van der Waals surface area contributed by atoms with Gasteiger partial charge in [0.25, 0.3) is 0 Å². The Morgan fingerprint density at radius 3 is 2.86 bits per heavy atom. The fraction of sp³-hybridized carbons (Fsp3) is 0.733. The molecule has 1 saturated heterocycles. The molecule has 1 aliphatic rings. The van der Waals surface area contributed by atoms with Gasteiger partial charge in [0.2, 0.25) is 0 Å². The van der Waals surface area contributed by atoms with Crippen molar-refractivity contribution in [3.05, 3.63) is 11.6 Å². The quantitative estimate of drug-likeness (QED) is 0.590. The molecule has 2 heterocycles. The van der Waals surface area contributed by atoms with Gasteiger partial charge in [-0.1, -0.05) is 11.8 Å². The molecule has 2 atom stereocenters. The summed E-state index contributed by atoms with van der Waals surface area (Å²) in [7, 11) is 0. The fourth-order valence-corrected chi connectivity index (χ4v) is 4.37. The highest BCUT2D eigenvalue weighted by Gasteiger charge is 2.24. The zero-order chi connectivity index (χ0) is 15.8. The number of aromatic nitrogens is 1. The molecule has 0 aliphatic carbocycles. The van der Waals surface area contributed by atoms with E-state index < -0.39 is 0 Å².